The molecule has 0 aromatic rings. The fourth-order valence-corrected chi connectivity index (χ4v) is 1.58. The first-order valence-corrected chi connectivity index (χ1v) is 4.85. The quantitative estimate of drug-likeness (QED) is 0.670. The van der Waals surface area contributed by atoms with Crippen LogP contribution in [0.2, 0.25) is 0 Å². The molecule has 0 aliphatic carbocycles. The van der Waals surface area contributed by atoms with E-state index in [4.69, 9.17) is 5.11 Å². The van der Waals surface area contributed by atoms with Crippen LogP contribution in [0.5, 0.6) is 0 Å². The molecule has 5 heteroatoms. The van der Waals surface area contributed by atoms with Crippen LogP contribution in [0.15, 0.2) is 12.2 Å². The van der Waals surface area contributed by atoms with Crippen molar-refractivity contribution in [3.8, 4) is 0 Å². The van der Waals surface area contributed by atoms with Crippen molar-refractivity contribution in [2.75, 3.05) is 6.54 Å². The summed E-state index contributed by atoms with van der Waals surface area (Å²) in [6, 6.07) is 0. The molecule has 1 heterocycles. The summed E-state index contributed by atoms with van der Waals surface area (Å²) >= 11 is 0. The Morgan fingerprint density at radius 3 is 2.60 bits per heavy atom. The van der Waals surface area contributed by atoms with Crippen molar-refractivity contribution in [2.45, 2.75) is 32.2 Å². The van der Waals surface area contributed by atoms with E-state index < -0.39 is 11.5 Å². The average molecular weight is 212 g/mol. The van der Waals surface area contributed by atoms with Crippen LogP contribution in [0.1, 0.15) is 26.7 Å². The van der Waals surface area contributed by atoms with Crippen molar-refractivity contribution in [3.05, 3.63) is 12.2 Å². The smallest absolute Gasteiger partial charge is 0.325 e. The molecule has 1 rings (SSSR count). The molecule has 1 aliphatic rings. The number of hydrogen-bond donors (Lipinski definition) is 2. The predicted octanol–water partition coefficient (Wildman–Crippen LogP) is 0.533. The van der Waals surface area contributed by atoms with Crippen molar-refractivity contribution < 1.29 is 14.7 Å². The maximum Gasteiger partial charge on any atom is 0.325 e. The Morgan fingerprint density at radius 1 is 1.53 bits per heavy atom. The third-order valence-corrected chi connectivity index (χ3v) is 2.73. The van der Waals surface area contributed by atoms with Gasteiger partial charge in [-0.1, -0.05) is 6.58 Å². The number of hydrogen-bond acceptors (Lipinski definition) is 3. The molecule has 0 aromatic carbocycles. The molecule has 15 heavy (non-hydrogen) atoms. The lowest BCUT2D eigenvalue weighted by Crippen LogP contribution is -2.56. The highest BCUT2D eigenvalue weighted by Gasteiger charge is 2.44. The number of carbonyl (C=O) groups excluding carboxylic acids is 1. The van der Waals surface area contributed by atoms with Crippen LogP contribution in [-0.2, 0) is 9.59 Å². The summed E-state index contributed by atoms with van der Waals surface area (Å²) in [6.07, 6.45) is 1.30. The third kappa shape index (κ3) is 2.18. The molecule has 0 unspecified atom stereocenters. The number of aliphatic carboxylic acids is 1. The molecule has 1 saturated heterocycles. The van der Waals surface area contributed by atoms with Gasteiger partial charge in [-0.15, -0.1) is 0 Å². The summed E-state index contributed by atoms with van der Waals surface area (Å²) in [6.45, 7) is 7.26. The number of carboxylic acids is 1. The van der Waals surface area contributed by atoms with Gasteiger partial charge in [0.2, 0.25) is 0 Å². The van der Waals surface area contributed by atoms with Gasteiger partial charge in [-0.2, -0.15) is 0 Å². The van der Waals surface area contributed by atoms with Crippen LogP contribution in [-0.4, -0.2) is 34.1 Å². The second kappa shape index (κ2) is 4.02. The lowest BCUT2D eigenvalue weighted by molar-refractivity contribution is -0.151. The van der Waals surface area contributed by atoms with Gasteiger partial charge in [-0.25, -0.2) is 5.01 Å². The molecule has 0 radical (unpaired) electrons. The molecule has 1 fully saturated rings. The molecule has 0 saturated carbocycles. The Balaban J connectivity index is 2.74. The minimum atomic E-state index is -0.995. The second-order valence-corrected chi connectivity index (χ2v) is 4.06. The molecule has 0 spiro atoms. The summed E-state index contributed by atoms with van der Waals surface area (Å²) in [5, 5.41) is 10.6. The summed E-state index contributed by atoms with van der Waals surface area (Å²) < 4.78 is 0. The largest absolute Gasteiger partial charge is 0.480 e. The first-order chi connectivity index (χ1) is 6.88. The fraction of sp³-hybridized carbons (Fsp3) is 0.600. The van der Waals surface area contributed by atoms with Gasteiger partial charge < -0.3 is 5.11 Å². The molecular formula is C10H16N2O3. The van der Waals surface area contributed by atoms with Crippen LogP contribution in [0.4, 0.5) is 0 Å². The fourth-order valence-electron chi connectivity index (χ4n) is 1.58. The van der Waals surface area contributed by atoms with Gasteiger partial charge >= 0.3 is 5.97 Å². The minimum Gasteiger partial charge on any atom is -0.480 e. The Bertz CT molecular complexity index is 314. The molecular weight excluding hydrogens is 196 g/mol. The van der Waals surface area contributed by atoms with Gasteiger partial charge in [0.05, 0.1) is 0 Å². The van der Waals surface area contributed by atoms with E-state index in [9.17, 15) is 9.59 Å². The number of hydrazine groups is 1. The molecule has 1 aliphatic heterocycles. The number of nitrogens with one attached hydrogen (secondary N) is 1. The maximum absolute atomic E-state index is 11.4. The van der Waals surface area contributed by atoms with Gasteiger partial charge in [0.15, 0.2) is 0 Å². The summed E-state index contributed by atoms with van der Waals surface area (Å²) in [5.74, 6) is -1.24. The first-order valence-electron chi connectivity index (χ1n) is 4.85. The average Bonchev–Trinajstić information content (AvgIpc) is 2.49. The summed E-state index contributed by atoms with van der Waals surface area (Å²) in [5.41, 5.74) is 1.94. The Morgan fingerprint density at radius 2 is 2.13 bits per heavy atom. The van der Waals surface area contributed by atoms with E-state index in [1.54, 1.807) is 13.8 Å². The van der Waals surface area contributed by atoms with Gasteiger partial charge in [-0.05, 0) is 26.7 Å². The third-order valence-electron chi connectivity index (χ3n) is 2.73. The van der Waals surface area contributed by atoms with Crippen molar-refractivity contribution in [1.29, 1.82) is 0 Å². The zero-order valence-corrected chi connectivity index (χ0v) is 9.04. The van der Waals surface area contributed by atoms with Gasteiger partial charge in [0.1, 0.15) is 5.54 Å². The van der Waals surface area contributed by atoms with E-state index in [1.807, 2.05) is 0 Å². The summed E-state index contributed by atoms with van der Waals surface area (Å²) in [4.78, 5) is 22.4. The molecule has 0 aromatic heterocycles. The highest BCUT2D eigenvalue weighted by atomic mass is 16.4. The van der Waals surface area contributed by atoms with E-state index in [1.165, 1.54) is 5.01 Å². The monoisotopic (exact) mass is 212 g/mol. The van der Waals surface area contributed by atoms with Gasteiger partial charge in [-0.3, -0.25) is 15.0 Å². The van der Waals surface area contributed by atoms with Crippen molar-refractivity contribution in [2.24, 2.45) is 0 Å². The lowest BCUT2D eigenvalue weighted by Gasteiger charge is -2.31. The lowest BCUT2D eigenvalue weighted by atomic mass is 10.0. The zero-order chi connectivity index (χ0) is 11.6. The maximum atomic E-state index is 11.4. The van der Waals surface area contributed by atoms with Gasteiger partial charge in [0, 0.05) is 12.1 Å². The normalized spacial score (nSPS) is 26.3. The SMILES string of the molecule is C=C(C)C(=O)NN1CCC[C@@]1(C)C(=O)O. The van der Waals surface area contributed by atoms with Crippen molar-refractivity contribution in [1.82, 2.24) is 10.4 Å². The number of carbonyl (C=O) groups is 2. The predicted molar refractivity (Wildman–Crippen MR) is 54.9 cm³/mol. The van der Waals surface area contributed by atoms with Crippen LogP contribution in [0, 0.1) is 0 Å². The number of rotatable bonds is 3. The molecule has 1 amide bonds. The van der Waals surface area contributed by atoms with Crippen molar-refractivity contribution >= 4 is 11.9 Å². The highest BCUT2D eigenvalue weighted by Crippen LogP contribution is 2.27. The molecule has 0 bridgehead atoms. The minimum absolute atomic E-state index is 0.329. The Labute approximate surface area is 88.7 Å². The van der Waals surface area contributed by atoms with Crippen molar-refractivity contribution in [3.63, 3.8) is 0 Å². The van der Waals surface area contributed by atoms with E-state index in [-0.39, 0.29) is 5.91 Å². The Hall–Kier alpha value is -1.36. The zero-order valence-electron chi connectivity index (χ0n) is 9.04. The van der Waals surface area contributed by atoms with E-state index >= 15 is 0 Å². The first kappa shape index (κ1) is 11.7. The molecule has 84 valence electrons. The van der Waals surface area contributed by atoms with E-state index in [0.717, 1.165) is 6.42 Å². The number of carboxylic acid groups (broad SMARTS) is 1. The number of amides is 1. The number of nitrogens with zero attached hydrogens (tertiary/aromatic N) is 1. The van der Waals surface area contributed by atoms with E-state index in [2.05, 4.69) is 12.0 Å². The van der Waals surface area contributed by atoms with Crippen LogP contribution < -0.4 is 5.43 Å². The Kier molecular flexibility index (Phi) is 3.14. The summed E-state index contributed by atoms with van der Waals surface area (Å²) in [7, 11) is 0. The van der Waals surface area contributed by atoms with Crippen LogP contribution in [0.25, 0.3) is 0 Å². The second-order valence-electron chi connectivity index (χ2n) is 4.06. The topological polar surface area (TPSA) is 69.6 Å². The highest BCUT2D eigenvalue weighted by molar-refractivity contribution is 5.92. The van der Waals surface area contributed by atoms with E-state index in [0.29, 0.717) is 18.5 Å². The van der Waals surface area contributed by atoms with Gasteiger partial charge in [0.25, 0.3) is 5.91 Å². The standard InChI is InChI=1S/C10H16N2O3/c1-7(2)8(13)11-12-6-4-5-10(12,3)9(14)15/h1,4-6H2,2-3H3,(H,11,13)(H,14,15)/t10-/m0/s1. The molecule has 1 atom stereocenters. The van der Waals surface area contributed by atoms with Crippen LogP contribution >= 0.6 is 0 Å². The molecule has 2 N–H and O–H groups in total. The van der Waals surface area contributed by atoms with Crippen LogP contribution in [0.3, 0.4) is 0 Å². The molecule has 5 nitrogen and oxygen atoms in total.